The molecule has 1 aliphatic rings. The zero-order valence-electron chi connectivity index (χ0n) is 15.6. The van der Waals surface area contributed by atoms with Crippen molar-refractivity contribution in [1.29, 1.82) is 0 Å². The van der Waals surface area contributed by atoms with Crippen LogP contribution in [-0.4, -0.2) is 16.3 Å². The summed E-state index contributed by atoms with van der Waals surface area (Å²) in [4.78, 5) is 0. The summed E-state index contributed by atoms with van der Waals surface area (Å²) in [5.41, 5.74) is 2.73. The Morgan fingerprint density at radius 2 is 1.86 bits per heavy atom. The zero-order valence-corrected chi connectivity index (χ0v) is 17.1. The van der Waals surface area contributed by atoms with Crippen LogP contribution in [0, 0.1) is 6.92 Å². The molecular weight excluding hydrogens is 422 g/mol. The SMILES string of the molecule is Cc1cc(Cl)ccc1-n1nc(-c2ccc(Cl)c(C(F)(F)F)c2)c2c1NCCCC2. The molecular formula is C21H18Cl2F3N3. The maximum atomic E-state index is 13.4. The van der Waals surface area contributed by atoms with Gasteiger partial charge in [-0.3, -0.25) is 0 Å². The molecule has 3 aromatic rings. The topological polar surface area (TPSA) is 29.9 Å². The zero-order chi connectivity index (χ0) is 20.8. The number of anilines is 1. The molecule has 1 N–H and O–H groups in total. The highest BCUT2D eigenvalue weighted by atomic mass is 35.5. The third-order valence-electron chi connectivity index (χ3n) is 5.06. The van der Waals surface area contributed by atoms with Crippen LogP contribution in [0.15, 0.2) is 36.4 Å². The van der Waals surface area contributed by atoms with Gasteiger partial charge in [0.2, 0.25) is 0 Å². The van der Waals surface area contributed by atoms with Gasteiger partial charge in [-0.15, -0.1) is 0 Å². The van der Waals surface area contributed by atoms with Gasteiger partial charge in [0.15, 0.2) is 0 Å². The minimum atomic E-state index is -4.53. The van der Waals surface area contributed by atoms with Gasteiger partial charge in [-0.05, 0) is 62.1 Å². The molecule has 2 heterocycles. The van der Waals surface area contributed by atoms with Crippen LogP contribution in [0.3, 0.4) is 0 Å². The molecule has 2 aromatic carbocycles. The lowest BCUT2D eigenvalue weighted by Gasteiger charge is -2.11. The monoisotopic (exact) mass is 439 g/mol. The number of hydrogen-bond acceptors (Lipinski definition) is 2. The van der Waals surface area contributed by atoms with Crippen LogP contribution < -0.4 is 5.32 Å². The average Bonchev–Trinajstić information content (AvgIpc) is 2.83. The normalized spacial score (nSPS) is 14.3. The van der Waals surface area contributed by atoms with Gasteiger partial charge in [0, 0.05) is 22.7 Å². The van der Waals surface area contributed by atoms with Gasteiger partial charge < -0.3 is 5.32 Å². The number of aromatic nitrogens is 2. The maximum absolute atomic E-state index is 13.4. The van der Waals surface area contributed by atoms with Gasteiger partial charge in [-0.2, -0.15) is 18.3 Å². The fraction of sp³-hybridized carbons (Fsp3) is 0.286. The molecule has 0 atom stereocenters. The predicted molar refractivity (Wildman–Crippen MR) is 110 cm³/mol. The molecule has 1 aliphatic heterocycles. The molecule has 8 heteroatoms. The molecule has 0 saturated carbocycles. The van der Waals surface area contributed by atoms with Gasteiger partial charge >= 0.3 is 6.18 Å². The number of aryl methyl sites for hydroxylation is 1. The van der Waals surface area contributed by atoms with E-state index in [1.54, 1.807) is 16.8 Å². The summed E-state index contributed by atoms with van der Waals surface area (Å²) in [6.07, 6.45) is -1.90. The van der Waals surface area contributed by atoms with Crippen molar-refractivity contribution < 1.29 is 13.2 Å². The van der Waals surface area contributed by atoms with Crippen LogP contribution in [0.4, 0.5) is 19.0 Å². The second kappa shape index (κ2) is 7.58. The minimum Gasteiger partial charge on any atom is -0.370 e. The highest BCUT2D eigenvalue weighted by Gasteiger charge is 2.34. The Morgan fingerprint density at radius 1 is 1.07 bits per heavy atom. The number of nitrogens with zero attached hydrogens (tertiary/aromatic N) is 2. The highest BCUT2D eigenvalue weighted by Crippen LogP contribution is 2.40. The smallest absolute Gasteiger partial charge is 0.370 e. The first-order valence-corrected chi connectivity index (χ1v) is 10.0. The van der Waals surface area contributed by atoms with Crippen molar-refractivity contribution in [2.45, 2.75) is 32.4 Å². The van der Waals surface area contributed by atoms with Crippen molar-refractivity contribution in [3.63, 3.8) is 0 Å². The van der Waals surface area contributed by atoms with E-state index in [1.165, 1.54) is 6.07 Å². The predicted octanol–water partition coefficient (Wildman–Crippen LogP) is 6.92. The Hall–Kier alpha value is -2.18. The van der Waals surface area contributed by atoms with Gasteiger partial charge in [0.1, 0.15) is 5.82 Å². The maximum Gasteiger partial charge on any atom is 0.417 e. The average molecular weight is 440 g/mol. The first-order valence-electron chi connectivity index (χ1n) is 9.25. The van der Waals surface area contributed by atoms with E-state index >= 15 is 0 Å². The molecule has 0 aliphatic carbocycles. The Kier molecular flexibility index (Phi) is 5.25. The number of halogens is 5. The molecule has 152 valence electrons. The van der Waals surface area contributed by atoms with Crippen molar-refractivity contribution in [2.75, 3.05) is 11.9 Å². The lowest BCUT2D eigenvalue weighted by atomic mass is 10.0. The first kappa shape index (κ1) is 20.1. The van der Waals surface area contributed by atoms with Crippen molar-refractivity contribution in [1.82, 2.24) is 9.78 Å². The summed E-state index contributed by atoms with van der Waals surface area (Å²) in [6.45, 7) is 2.70. The summed E-state index contributed by atoms with van der Waals surface area (Å²) < 4.78 is 41.9. The van der Waals surface area contributed by atoms with E-state index < -0.39 is 11.7 Å². The van der Waals surface area contributed by atoms with Crippen molar-refractivity contribution in [2.24, 2.45) is 0 Å². The summed E-state index contributed by atoms with van der Waals surface area (Å²) in [7, 11) is 0. The second-order valence-electron chi connectivity index (χ2n) is 7.09. The number of hydrogen-bond donors (Lipinski definition) is 1. The number of alkyl halides is 3. The third-order valence-corrected chi connectivity index (χ3v) is 5.63. The Bertz CT molecular complexity index is 1070. The van der Waals surface area contributed by atoms with E-state index in [0.29, 0.717) is 16.3 Å². The molecule has 4 rings (SSSR count). The van der Waals surface area contributed by atoms with E-state index in [4.69, 9.17) is 28.3 Å². The van der Waals surface area contributed by atoms with Crippen LogP contribution in [0.1, 0.15) is 29.5 Å². The Morgan fingerprint density at radius 3 is 2.59 bits per heavy atom. The number of nitrogens with one attached hydrogen (secondary N) is 1. The van der Waals surface area contributed by atoms with E-state index in [0.717, 1.165) is 54.5 Å². The fourth-order valence-electron chi connectivity index (χ4n) is 3.65. The van der Waals surface area contributed by atoms with Crippen molar-refractivity contribution >= 4 is 29.0 Å². The second-order valence-corrected chi connectivity index (χ2v) is 7.94. The molecule has 29 heavy (non-hydrogen) atoms. The summed E-state index contributed by atoms with van der Waals surface area (Å²) in [5, 5.41) is 8.41. The standard InChI is InChI=1S/C21H18Cl2F3N3/c1-12-10-14(22)6-8-18(12)29-20-15(4-2-3-9-27-20)19(28-29)13-5-7-17(23)16(11-13)21(24,25)26/h5-8,10-11,27H,2-4,9H2,1H3. The molecule has 0 bridgehead atoms. The molecule has 0 radical (unpaired) electrons. The molecule has 0 spiro atoms. The lowest BCUT2D eigenvalue weighted by molar-refractivity contribution is -0.137. The molecule has 0 unspecified atom stereocenters. The van der Waals surface area contributed by atoms with Crippen LogP contribution in [0.2, 0.25) is 10.0 Å². The Labute approximate surface area is 176 Å². The summed E-state index contributed by atoms with van der Waals surface area (Å²) >= 11 is 11.9. The lowest BCUT2D eigenvalue weighted by Crippen LogP contribution is -2.08. The molecule has 0 saturated heterocycles. The number of benzene rings is 2. The summed E-state index contributed by atoms with van der Waals surface area (Å²) in [5.74, 6) is 0.812. The summed E-state index contributed by atoms with van der Waals surface area (Å²) in [6, 6.07) is 9.43. The Balaban J connectivity index is 1.93. The third kappa shape index (κ3) is 3.83. The minimum absolute atomic E-state index is 0.321. The van der Waals surface area contributed by atoms with Gasteiger partial charge in [-0.1, -0.05) is 29.3 Å². The molecule has 0 fully saturated rings. The van der Waals surface area contributed by atoms with Crippen LogP contribution in [0.25, 0.3) is 16.9 Å². The van der Waals surface area contributed by atoms with Crippen molar-refractivity contribution in [3.8, 4) is 16.9 Å². The van der Waals surface area contributed by atoms with Crippen LogP contribution in [0.5, 0.6) is 0 Å². The number of fused-ring (bicyclic) bond motifs is 1. The van der Waals surface area contributed by atoms with Gasteiger partial charge in [-0.25, -0.2) is 4.68 Å². The first-order chi connectivity index (χ1) is 13.8. The van der Waals surface area contributed by atoms with Crippen LogP contribution in [-0.2, 0) is 12.6 Å². The highest BCUT2D eigenvalue weighted by molar-refractivity contribution is 6.31. The quantitative estimate of drug-likeness (QED) is 0.469. The van der Waals surface area contributed by atoms with Gasteiger partial charge in [0.25, 0.3) is 0 Å². The largest absolute Gasteiger partial charge is 0.417 e. The van der Waals surface area contributed by atoms with Crippen molar-refractivity contribution in [3.05, 3.63) is 63.1 Å². The number of rotatable bonds is 2. The van der Waals surface area contributed by atoms with E-state index in [-0.39, 0.29) is 5.02 Å². The molecule has 3 nitrogen and oxygen atoms in total. The molecule has 1 aromatic heterocycles. The van der Waals surface area contributed by atoms with E-state index in [2.05, 4.69) is 5.32 Å². The van der Waals surface area contributed by atoms with Crippen LogP contribution >= 0.6 is 23.2 Å². The fourth-order valence-corrected chi connectivity index (χ4v) is 4.11. The van der Waals surface area contributed by atoms with E-state index in [9.17, 15) is 13.2 Å². The van der Waals surface area contributed by atoms with E-state index in [1.807, 2.05) is 19.1 Å². The van der Waals surface area contributed by atoms with Gasteiger partial charge in [0.05, 0.1) is 22.0 Å². The molecule has 0 amide bonds.